The zero-order valence-corrected chi connectivity index (χ0v) is 12.3. The van der Waals surface area contributed by atoms with Crippen LogP contribution in [0.25, 0.3) is 0 Å². The standard InChI is InChI=1S/C12H23NO4S/c1-5-12(6-2,11(15)16)7-10(14)13-8-9(3)18(4)17/h9H,5-8H2,1-4H3,(H,13,14)(H,15,16). The SMILES string of the molecule is CCC(CC)(CC(=O)NCC(C)S(C)=O)C(=O)O. The fourth-order valence-corrected chi connectivity index (χ4v) is 1.94. The monoisotopic (exact) mass is 277 g/mol. The molecule has 2 unspecified atom stereocenters. The third-order valence-electron chi connectivity index (χ3n) is 3.46. The molecule has 106 valence electrons. The summed E-state index contributed by atoms with van der Waals surface area (Å²) in [5.41, 5.74) is -0.987. The van der Waals surface area contributed by atoms with E-state index >= 15 is 0 Å². The highest BCUT2D eigenvalue weighted by molar-refractivity contribution is 7.84. The van der Waals surface area contributed by atoms with Crippen LogP contribution in [0, 0.1) is 5.41 Å². The van der Waals surface area contributed by atoms with E-state index in [0.717, 1.165) is 0 Å². The highest BCUT2D eigenvalue weighted by Gasteiger charge is 2.37. The van der Waals surface area contributed by atoms with Gasteiger partial charge in [0.05, 0.1) is 5.41 Å². The molecule has 0 aliphatic heterocycles. The molecule has 0 saturated heterocycles. The summed E-state index contributed by atoms with van der Waals surface area (Å²) in [6.45, 7) is 5.63. The van der Waals surface area contributed by atoms with Gasteiger partial charge in [-0.3, -0.25) is 13.8 Å². The Morgan fingerprint density at radius 3 is 2.17 bits per heavy atom. The maximum absolute atomic E-state index is 11.7. The first-order valence-electron chi connectivity index (χ1n) is 6.11. The lowest BCUT2D eigenvalue weighted by Gasteiger charge is -2.26. The molecule has 2 N–H and O–H groups in total. The molecule has 0 rings (SSSR count). The van der Waals surface area contributed by atoms with Crippen molar-refractivity contribution in [2.24, 2.45) is 5.41 Å². The summed E-state index contributed by atoms with van der Waals surface area (Å²) >= 11 is 0. The number of hydrogen-bond donors (Lipinski definition) is 2. The van der Waals surface area contributed by atoms with Gasteiger partial charge in [0.15, 0.2) is 0 Å². The average molecular weight is 277 g/mol. The van der Waals surface area contributed by atoms with Gasteiger partial charge in [-0.25, -0.2) is 0 Å². The summed E-state index contributed by atoms with van der Waals surface area (Å²) in [6.07, 6.45) is 2.39. The zero-order valence-electron chi connectivity index (χ0n) is 11.5. The van der Waals surface area contributed by atoms with Crippen LogP contribution in [0.1, 0.15) is 40.0 Å². The molecule has 0 saturated carbocycles. The summed E-state index contributed by atoms with van der Waals surface area (Å²) in [5, 5.41) is 11.7. The van der Waals surface area contributed by atoms with E-state index in [9.17, 15) is 18.9 Å². The fraction of sp³-hybridized carbons (Fsp3) is 0.833. The van der Waals surface area contributed by atoms with Gasteiger partial charge < -0.3 is 10.4 Å². The Labute approximate surface area is 111 Å². The number of rotatable bonds is 8. The average Bonchev–Trinajstić information content (AvgIpc) is 2.32. The van der Waals surface area contributed by atoms with E-state index in [1.165, 1.54) is 0 Å². The van der Waals surface area contributed by atoms with Crippen LogP contribution in [0.5, 0.6) is 0 Å². The molecule has 0 aliphatic rings. The highest BCUT2D eigenvalue weighted by Crippen LogP contribution is 2.30. The lowest BCUT2D eigenvalue weighted by Crippen LogP contribution is -2.39. The van der Waals surface area contributed by atoms with Gasteiger partial charge in [-0.15, -0.1) is 0 Å². The summed E-state index contributed by atoms with van der Waals surface area (Å²) in [4.78, 5) is 23.0. The summed E-state index contributed by atoms with van der Waals surface area (Å²) in [5.74, 6) is -1.23. The lowest BCUT2D eigenvalue weighted by atomic mass is 9.79. The molecular weight excluding hydrogens is 254 g/mol. The van der Waals surface area contributed by atoms with Gasteiger partial charge in [-0.05, 0) is 19.8 Å². The Hall–Kier alpha value is -0.910. The highest BCUT2D eigenvalue weighted by atomic mass is 32.2. The molecular formula is C12H23NO4S. The number of carboxylic acid groups (broad SMARTS) is 1. The molecule has 18 heavy (non-hydrogen) atoms. The number of carbonyl (C=O) groups is 2. The van der Waals surface area contributed by atoms with Crippen molar-refractivity contribution in [2.45, 2.75) is 45.3 Å². The number of nitrogens with one attached hydrogen (secondary N) is 1. The lowest BCUT2D eigenvalue weighted by molar-refractivity contribution is -0.152. The Morgan fingerprint density at radius 1 is 1.33 bits per heavy atom. The third kappa shape index (κ3) is 4.76. The molecule has 6 heteroatoms. The van der Waals surface area contributed by atoms with E-state index in [2.05, 4.69) is 5.32 Å². The largest absolute Gasteiger partial charge is 0.481 e. The van der Waals surface area contributed by atoms with Crippen molar-refractivity contribution in [3.8, 4) is 0 Å². The van der Waals surface area contributed by atoms with Gasteiger partial charge in [-0.1, -0.05) is 13.8 Å². The van der Waals surface area contributed by atoms with Crippen LogP contribution in [0.4, 0.5) is 0 Å². The second kappa shape index (κ2) is 7.51. The molecule has 0 aromatic carbocycles. The van der Waals surface area contributed by atoms with Crippen LogP contribution < -0.4 is 5.32 Å². The van der Waals surface area contributed by atoms with E-state index in [1.54, 1.807) is 27.0 Å². The normalized spacial score (nSPS) is 14.9. The number of carboxylic acids is 1. The van der Waals surface area contributed by atoms with E-state index in [4.69, 9.17) is 0 Å². The minimum atomic E-state index is -0.993. The van der Waals surface area contributed by atoms with E-state index in [1.807, 2.05) is 0 Å². The van der Waals surface area contributed by atoms with E-state index < -0.39 is 22.2 Å². The van der Waals surface area contributed by atoms with Crippen LogP contribution >= 0.6 is 0 Å². The van der Waals surface area contributed by atoms with Gasteiger partial charge in [0, 0.05) is 35.3 Å². The molecule has 2 atom stereocenters. The molecule has 0 aromatic rings. The van der Waals surface area contributed by atoms with Crippen molar-refractivity contribution in [2.75, 3.05) is 12.8 Å². The van der Waals surface area contributed by atoms with Crippen molar-refractivity contribution in [1.29, 1.82) is 0 Å². The van der Waals surface area contributed by atoms with Gasteiger partial charge in [0.1, 0.15) is 0 Å². The first-order chi connectivity index (χ1) is 8.29. The van der Waals surface area contributed by atoms with Gasteiger partial charge in [0.2, 0.25) is 5.91 Å². The van der Waals surface area contributed by atoms with Crippen molar-refractivity contribution >= 4 is 22.7 Å². The molecule has 0 aromatic heterocycles. The summed E-state index contributed by atoms with van der Waals surface area (Å²) in [7, 11) is -0.993. The predicted molar refractivity (Wildman–Crippen MR) is 71.8 cm³/mol. The quantitative estimate of drug-likeness (QED) is 0.697. The van der Waals surface area contributed by atoms with Crippen LogP contribution in [0.2, 0.25) is 0 Å². The van der Waals surface area contributed by atoms with Crippen molar-refractivity contribution in [3.05, 3.63) is 0 Å². The first kappa shape index (κ1) is 17.1. The summed E-state index contributed by atoms with van der Waals surface area (Å²) < 4.78 is 11.1. The number of hydrogen-bond acceptors (Lipinski definition) is 3. The minimum Gasteiger partial charge on any atom is -0.481 e. The smallest absolute Gasteiger partial charge is 0.310 e. The minimum absolute atomic E-state index is 0.0294. The second-order valence-electron chi connectivity index (χ2n) is 4.58. The zero-order chi connectivity index (χ0) is 14.3. The third-order valence-corrected chi connectivity index (χ3v) is 4.76. The maximum Gasteiger partial charge on any atom is 0.310 e. The van der Waals surface area contributed by atoms with Gasteiger partial charge >= 0.3 is 5.97 Å². The van der Waals surface area contributed by atoms with Crippen LogP contribution in [-0.2, 0) is 20.4 Å². The predicted octanol–water partition coefficient (Wildman–Crippen LogP) is 1.15. The molecule has 5 nitrogen and oxygen atoms in total. The van der Waals surface area contributed by atoms with E-state index in [0.29, 0.717) is 19.4 Å². The molecule has 0 fully saturated rings. The topological polar surface area (TPSA) is 83.5 Å². The molecule has 1 amide bonds. The molecule has 0 radical (unpaired) electrons. The van der Waals surface area contributed by atoms with Crippen LogP contribution in [0.3, 0.4) is 0 Å². The maximum atomic E-state index is 11.7. The van der Waals surface area contributed by atoms with Gasteiger partial charge in [-0.2, -0.15) is 0 Å². The number of aliphatic carboxylic acids is 1. The Balaban J connectivity index is 4.45. The number of amides is 1. The Bertz CT molecular complexity index is 326. The van der Waals surface area contributed by atoms with E-state index in [-0.39, 0.29) is 17.6 Å². The van der Waals surface area contributed by atoms with Crippen molar-refractivity contribution in [3.63, 3.8) is 0 Å². The Morgan fingerprint density at radius 2 is 1.83 bits per heavy atom. The Kier molecular flexibility index (Phi) is 7.13. The van der Waals surface area contributed by atoms with Crippen LogP contribution in [-0.4, -0.2) is 39.2 Å². The van der Waals surface area contributed by atoms with Gasteiger partial charge in [0.25, 0.3) is 0 Å². The van der Waals surface area contributed by atoms with Crippen LogP contribution in [0.15, 0.2) is 0 Å². The van der Waals surface area contributed by atoms with Crippen molar-refractivity contribution in [1.82, 2.24) is 5.32 Å². The first-order valence-corrected chi connectivity index (χ1v) is 7.73. The molecule has 0 spiro atoms. The molecule has 0 heterocycles. The second-order valence-corrected chi connectivity index (χ2v) is 6.38. The molecule has 0 bridgehead atoms. The van der Waals surface area contributed by atoms with Crippen molar-refractivity contribution < 1.29 is 18.9 Å². The number of carbonyl (C=O) groups excluding carboxylic acids is 1. The summed E-state index contributed by atoms with van der Waals surface area (Å²) in [6, 6.07) is 0. The molecule has 0 aliphatic carbocycles. The fourth-order valence-electron chi connectivity index (χ4n) is 1.62.